The zero-order valence-electron chi connectivity index (χ0n) is 16.8. The largest absolute Gasteiger partial charge is 0.352 e. The maximum Gasteiger partial charge on any atom is 0.251 e. The summed E-state index contributed by atoms with van der Waals surface area (Å²) in [7, 11) is 0. The van der Waals surface area contributed by atoms with Crippen LogP contribution in [0.2, 0.25) is 0 Å². The number of carbonyl (C=O) groups excluding carboxylic acids is 1. The summed E-state index contributed by atoms with van der Waals surface area (Å²) in [6.45, 7) is 7.04. The number of nitrogens with zero attached hydrogens (tertiary/aromatic N) is 3. The fourth-order valence-electron chi connectivity index (χ4n) is 3.13. The highest BCUT2D eigenvalue weighted by molar-refractivity contribution is 7.15. The van der Waals surface area contributed by atoms with E-state index in [0.717, 1.165) is 22.0 Å². The number of nitrogens with one attached hydrogen (secondary N) is 1. The highest BCUT2D eigenvalue weighted by Crippen LogP contribution is 2.22. The normalized spacial score (nSPS) is 11.7. The van der Waals surface area contributed by atoms with Crippen molar-refractivity contribution in [2.75, 3.05) is 6.54 Å². The minimum Gasteiger partial charge on any atom is -0.352 e. The Morgan fingerprint density at radius 1 is 1.07 bits per heavy atom. The molecule has 0 unspecified atom stereocenters. The van der Waals surface area contributed by atoms with E-state index in [4.69, 9.17) is 0 Å². The molecule has 0 spiro atoms. The van der Waals surface area contributed by atoms with Gasteiger partial charge in [-0.1, -0.05) is 63.2 Å². The summed E-state index contributed by atoms with van der Waals surface area (Å²) in [6.07, 6.45) is 0.698. The van der Waals surface area contributed by atoms with Crippen molar-refractivity contribution in [3.63, 3.8) is 0 Å². The zero-order chi connectivity index (χ0) is 20.4. The fourth-order valence-corrected chi connectivity index (χ4v) is 3.99. The Morgan fingerprint density at radius 3 is 2.48 bits per heavy atom. The lowest BCUT2D eigenvalue weighted by atomic mass is 9.87. The number of aromatic nitrogens is 3. The Bertz CT molecular complexity index is 1120. The molecule has 4 aromatic rings. The van der Waals surface area contributed by atoms with E-state index in [-0.39, 0.29) is 11.3 Å². The van der Waals surface area contributed by atoms with E-state index >= 15 is 0 Å². The van der Waals surface area contributed by atoms with Crippen LogP contribution in [0.3, 0.4) is 0 Å². The molecule has 148 valence electrons. The van der Waals surface area contributed by atoms with Gasteiger partial charge in [-0.3, -0.25) is 4.79 Å². The monoisotopic (exact) mass is 404 g/mol. The molecular formula is C23H24N4OS. The van der Waals surface area contributed by atoms with E-state index in [9.17, 15) is 4.79 Å². The number of fused-ring (bicyclic) bond motifs is 1. The van der Waals surface area contributed by atoms with Crippen molar-refractivity contribution < 1.29 is 4.79 Å². The Balaban J connectivity index is 1.40. The van der Waals surface area contributed by atoms with Crippen molar-refractivity contribution in [1.82, 2.24) is 19.9 Å². The van der Waals surface area contributed by atoms with Crippen molar-refractivity contribution in [2.24, 2.45) is 0 Å². The van der Waals surface area contributed by atoms with Gasteiger partial charge in [0.1, 0.15) is 0 Å². The molecule has 1 N–H and O–H groups in total. The lowest BCUT2D eigenvalue weighted by Crippen LogP contribution is -2.26. The van der Waals surface area contributed by atoms with Crippen LogP contribution in [0.4, 0.5) is 0 Å². The minimum atomic E-state index is -0.0551. The first-order valence-corrected chi connectivity index (χ1v) is 10.6. The molecule has 2 heterocycles. The Labute approximate surface area is 174 Å². The topological polar surface area (TPSA) is 59.3 Å². The predicted octanol–water partition coefficient (Wildman–Crippen LogP) is 4.73. The molecule has 0 radical (unpaired) electrons. The van der Waals surface area contributed by atoms with Crippen molar-refractivity contribution >= 4 is 22.2 Å². The summed E-state index contributed by atoms with van der Waals surface area (Å²) in [5.41, 5.74) is 4.02. The van der Waals surface area contributed by atoms with E-state index < -0.39 is 0 Å². The summed E-state index contributed by atoms with van der Waals surface area (Å²) in [5, 5.41) is 9.69. The molecule has 0 atom stereocenters. The smallest absolute Gasteiger partial charge is 0.251 e. The molecular weight excluding hydrogens is 380 g/mol. The summed E-state index contributed by atoms with van der Waals surface area (Å²) in [5.74, 6) is 0.669. The van der Waals surface area contributed by atoms with Gasteiger partial charge in [0, 0.05) is 29.5 Å². The van der Waals surface area contributed by atoms with Gasteiger partial charge in [-0.25, -0.2) is 4.52 Å². The summed E-state index contributed by atoms with van der Waals surface area (Å²) >= 11 is 1.57. The van der Waals surface area contributed by atoms with E-state index in [1.807, 2.05) is 64.5 Å². The molecule has 0 saturated heterocycles. The first kappa shape index (κ1) is 19.3. The first-order valence-electron chi connectivity index (χ1n) is 9.69. The van der Waals surface area contributed by atoms with Gasteiger partial charge in [-0.05, 0) is 23.1 Å². The second-order valence-corrected chi connectivity index (χ2v) is 8.89. The van der Waals surface area contributed by atoms with Crippen LogP contribution in [0, 0.1) is 0 Å². The van der Waals surface area contributed by atoms with Gasteiger partial charge < -0.3 is 5.32 Å². The molecule has 0 fully saturated rings. The van der Waals surface area contributed by atoms with Gasteiger partial charge in [-0.15, -0.1) is 16.4 Å². The van der Waals surface area contributed by atoms with E-state index in [0.29, 0.717) is 18.5 Å². The van der Waals surface area contributed by atoms with Crippen LogP contribution in [-0.4, -0.2) is 27.0 Å². The van der Waals surface area contributed by atoms with E-state index in [1.54, 1.807) is 11.3 Å². The third-order valence-electron chi connectivity index (χ3n) is 4.86. The molecule has 0 saturated carbocycles. The Kier molecular flexibility index (Phi) is 5.20. The molecule has 1 amide bonds. The average Bonchev–Trinajstić information content (AvgIpc) is 3.30. The number of rotatable bonds is 5. The second kappa shape index (κ2) is 7.79. The van der Waals surface area contributed by atoms with Crippen LogP contribution in [0.15, 0.2) is 60.0 Å². The van der Waals surface area contributed by atoms with Crippen LogP contribution >= 0.6 is 11.3 Å². The van der Waals surface area contributed by atoms with Gasteiger partial charge in [0.2, 0.25) is 4.96 Å². The molecule has 6 heteroatoms. The van der Waals surface area contributed by atoms with E-state index in [1.165, 1.54) is 5.56 Å². The molecule has 2 aromatic heterocycles. The number of carbonyl (C=O) groups is 1. The molecule has 0 aliphatic heterocycles. The summed E-state index contributed by atoms with van der Waals surface area (Å²) in [6, 6.07) is 17.8. The number of benzene rings is 2. The fraction of sp³-hybridized carbons (Fsp3) is 0.261. The van der Waals surface area contributed by atoms with Crippen molar-refractivity contribution in [2.45, 2.75) is 32.6 Å². The quantitative estimate of drug-likeness (QED) is 0.523. The van der Waals surface area contributed by atoms with Gasteiger partial charge in [0.25, 0.3) is 5.91 Å². The summed E-state index contributed by atoms with van der Waals surface area (Å²) in [4.78, 5) is 17.9. The van der Waals surface area contributed by atoms with Crippen LogP contribution < -0.4 is 5.32 Å². The molecule has 0 aliphatic carbocycles. The molecule has 4 rings (SSSR count). The van der Waals surface area contributed by atoms with Crippen molar-refractivity contribution in [1.29, 1.82) is 0 Å². The van der Waals surface area contributed by atoms with Gasteiger partial charge in [0.05, 0.1) is 5.69 Å². The second-order valence-electron chi connectivity index (χ2n) is 8.06. The third kappa shape index (κ3) is 4.22. The number of hydrogen-bond donors (Lipinski definition) is 1. The number of amides is 1. The van der Waals surface area contributed by atoms with Crippen LogP contribution in [0.5, 0.6) is 0 Å². The molecule has 0 aliphatic rings. The van der Waals surface area contributed by atoms with Crippen molar-refractivity contribution in [3.8, 4) is 11.4 Å². The Morgan fingerprint density at radius 2 is 1.79 bits per heavy atom. The maximum atomic E-state index is 12.4. The third-order valence-corrected chi connectivity index (χ3v) is 5.73. The lowest BCUT2D eigenvalue weighted by molar-refractivity contribution is 0.0954. The van der Waals surface area contributed by atoms with Crippen LogP contribution in [0.1, 0.15) is 42.4 Å². The SMILES string of the molecule is CC(C)(C)c1ccc(C(=O)NCCc2csc3nc(-c4ccccc4)nn23)cc1. The molecule has 29 heavy (non-hydrogen) atoms. The molecule has 0 bridgehead atoms. The highest BCUT2D eigenvalue weighted by atomic mass is 32.1. The predicted molar refractivity (Wildman–Crippen MR) is 117 cm³/mol. The number of hydrogen-bond acceptors (Lipinski definition) is 4. The summed E-state index contributed by atoms with van der Waals surface area (Å²) < 4.78 is 1.87. The number of thiazole rings is 1. The average molecular weight is 405 g/mol. The lowest BCUT2D eigenvalue weighted by Gasteiger charge is -2.19. The van der Waals surface area contributed by atoms with Crippen LogP contribution in [-0.2, 0) is 11.8 Å². The van der Waals surface area contributed by atoms with Gasteiger partial charge in [-0.2, -0.15) is 4.98 Å². The van der Waals surface area contributed by atoms with Gasteiger partial charge >= 0.3 is 0 Å². The van der Waals surface area contributed by atoms with Gasteiger partial charge in [0.15, 0.2) is 5.82 Å². The first-order chi connectivity index (χ1) is 13.9. The highest BCUT2D eigenvalue weighted by Gasteiger charge is 2.15. The molecule has 2 aromatic carbocycles. The van der Waals surface area contributed by atoms with E-state index in [2.05, 4.69) is 36.2 Å². The zero-order valence-corrected chi connectivity index (χ0v) is 17.7. The van der Waals surface area contributed by atoms with Crippen molar-refractivity contribution in [3.05, 3.63) is 76.8 Å². The molecule has 5 nitrogen and oxygen atoms in total. The maximum absolute atomic E-state index is 12.4. The Hall–Kier alpha value is -2.99. The standard InChI is InChI=1S/C23H24N4OS/c1-23(2,3)18-11-9-17(10-12-18)21(28)24-14-13-19-15-29-22-25-20(26-27(19)22)16-7-5-4-6-8-16/h4-12,15H,13-14H2,1-3H3,(H,24,28). The minimum absolute atomic E-state index is 0.0551. The van der Waals surface area contributed by atoms with Crippen LogP contribution in [0.25, 0.3) is 16.3 Å².